The molecular formula is C13H21ClN2O3. The molecule has 0 saturated carbocycles. The van der Waals surface area contributed by atoms with E-state index < -0.39 is 0 Å². The summed E-state index contributed by atoms with van der Waals surface area (Å²) in [6.07, 6.45) is 3.35. The second-order valence-electron chi connectivity index (χ2n) is 4.76. The third-order valence-electron chi connectivity index (χ3n) is 3.64. The molecule has 0 spiro atoms. The van der Waals surface area contributed by atoms with Gasteiger partial charge in [0, 0.05) is 36.6 Å². The van der Waals surface area contributed by atoms with Crippen LogP contribution >= 0.6 is 12.4 Å². The van der Waals surface area contributed by atoms with E-state index in [9.17, 15) is 10.2 Å². The molecule has 0 radical (unpaired) electrons. The summed E-state index contributed by atoms with van der Waals surface area (Å²) >= 11 is 0. The van der Waals surface area contributed by atoms with Crippen LogP contribution in [0.1, 0.15) is 35.7 Å². The molecule has 1 aliphatic heterocycles. The molecule has 1 aromatic rings. The molecule has 1 atom stereocenters. The maximum atomic E-state index is 10.1. The Morgan fingerprint density at radius 3 is 2.68 bits per heavy atom. The molecule has 6 heteroatoms. The molecule has 2 rings (SSSR count). The Labute approximate surface area is 119 Å². The monoisotopic (exact) mass is 288 g/mol. The SMILES string of the molecule is Cc1ncc(CO)c([C@@H](N)C2CCOCC2)c1O.Cl. The van der Waals surface area contributed by atoms with Crippen molar-refractivity contribution in [1.82, 2.24) is 4.98 Å². The average Bonchev–Trinajstić information content (AvgIpc) is 2.42. The van der Waals surface area contributed by atoms with Crippen LogP contribution in [0.25, 0.3) is 0 Å². The van der Waals surface area contributed by atoms with Gasteiger partial charge in [0.15, 0.2) is 0 Å². The first kappa shape index (κ1) is 16.2. The van der Waals surface area contributed by atoms with Gasteiger partial charge in [0.25, 0.3) is 0 Å². The fourth-order valence-corrected chi connectivity index (χ4v) is 2.46. The number of aryl methyl sites for hydroxylation is 1. The lowest BCUT2D eigenvalue weighted by molar-refractivity contribution is 0.0578. The van der Waals surface area contributed by atoms with Crippen molar-refractivity contribution in [3.8, 4) is 5.75 Å². The van der Waals surface area contributed by atoms with E-state index >= 15 is 0 Å². The number of aromatic nitrogens is 1. The molecule has 108 valence electrons. The van der Waals surface area contributed by atoms with Crippen molar-refractivity contribution in [1.29, 1.82) is 0 Å². The number of aliphatic hydroxyl groups excluding tert-OH is 1. The van der Waals surface area contributed by atoms with Crippen LogP contribution < -0.4 is 5.73 Å². The van der Waals surface area contributed by atoms with Gasteiger partial charge >= 0.3 is 0 Å². The van der Waals surface area contributed by atoms with Crippen molar-refractivity contribution in [2.45, 2.75) is 32.4 Å². The molecule has 2 heterocycles. The van der Waals surface area contributed by atoms with E-state index in [0.717, 1.165) is 12.8 Å². The summed E-state index contributed by atoms with van der Waals surface area (Å²) in [6.45, 7) is 2.99. The molecule has 0 aromatic carbocycles. The molecule has 0 bridgehead atoms. The standard InChI is InChI=1S/C13H20N2O3.ClH/c1-8-13(17)11(10(7-16)6-15-8)12(14)9-2-4-18-5-3-9;/h6,9,12,16-17H,2-5,7,14H2,1H3;1H/t12-;/m0./s1. The topological polar surface area (TPSA) is 88.6 Å². The van der Waals surface area contributed by atoms with Crippen molar-refractivity contribution in [2.24, 2.45) is 11.7 Å². The van der Waals surface area contributed by atoms with E-state index in [0.29, 0.717) is 30.0 Å². The number of halogens is 1. The number of nitrogens with zero attached hydrogens (tertiary/aromatic N) is 1. The van der Waals surface area contributed by atoms with Crippen molar-refractivity contribution in [2.75, 3.05) is 13.2 Å². The first-order valence-electron chi connectivity index (χ1n) is 6.26. The van der Waals surface area contributed by atoms with Crippen LogP contribution in [0.3, 0.4) is 0 Å². The van der Waals surface area contributed by atoms with E-state index in [-0.39, 0.29) is 36.7 Å². The fourth-order valence-electron chi connectivity index (χ4n) is 2.46. The number of nitrogens with two attached hydrogens (primary N) is 1. The lowest BCUT2D eigenvalue weighted by atomic mass is 9.85. The second-order valence-corrected chi connectivity index (χ2v) is 4.76. The van der Waals surface area contributed by atoms with E-state index in [1.165, 1.54) is 0 Å². The molecule has 0 amide bonds. The van der Waals surface area contributed by atoms with Crippen molar-refractivity contribution >= 4 is 12.4 Å². The molecule has 4 N–H and O–H groups in total. The summed E-state index contributed by atoms with van der Waals surface area (Å²) in [6, 6.07) is -0.280. The molecule has 1 saturated heterocycles. The Morgan fingerprint density at radius 1 is 1.47 bits per heavy atom. The highest BCUT2D eigenvalue weighted by atomic mass is 35.5. The van der Waals surface area contributed by atoms with Gasteiger partial charge in [-0.25, -0.2) is 0 Å². The van der Waals surface area contributed by atoms with Gasteiger partial charge in [0.1, 0.15) is 5.75 Å². The Bertz CT molecular complexity index is 423. The van der Waals surface area contributed by atoms with Crippen LogP contribution in [0.4, 0.5) is 0 Å². The maximum absolute atomic E-state index is 10.1. The van der Waals surface area contributed by atoms with Crippen LogP contribution in [0.2, 0.25) is 0 Å². The lowest BCUT2D eigenvalue weighted by Gasteiger charge is -2.29. The highest BCUT2D eigenvalue weighted by Gasteiger charge is 2.27. The number of hydrogen-bond acceptors (Lipinski definition) is 5. The Balaban J connectivity index is 0.00000180. The van der Waals surface area contributed by atoms with E-state index in [4.69, 9.17) is 10.5 Å². The number of ether oxygens (including phenoxy) is 1. The number of aliphatic hydroxyl groups is 1. The molecule has 5 nitrogen and oxygen atoms in total. The van der Waals surface area contributed by atoms with Crippen LogP contribution in [0.5, 0.6) is 5.75 Å². The molecule has 1 fully saturated rings. The summed E-state index contributed by atoms with van der Waals surface area (Å²) in [5.41, 5.74) is 8.05. The van der Waals surface area contributed by atoms with Gasteiger partial charge in [-0.1, -0.05) is 0 Å². The number of pyridine rings is 1. The largest absolute Gasteiger partial charge is 0.506 e. The first-order valence-corrected chi connectivity index (χ1v) is 6.26. The first-order chi connectivity index (χ1) is 8.65. The average molecular weight is 289 g/mol. The van der Waals surface area contributed by atoms with Gasteiger partial charge in [-0.15, -0.1) is 12.4 Å². The Hall–Kier alpha value is -0.880. The van der Waals surface area contributed by atoms with Gasteiger partial charge in [-0.3, -0.25) is 4.98 Å². The van der Waals surface area contributed by atoms with Gasteiger partial charge in [0.05, 0.1) is 12.3 Å². The summed E-state index contributed by atoms with van der Waals surface area (Å²) in [7, 11) is 0. The molecule has 0 unspecified atom stereocenters. The predicted octanol–water partition coefficient (Wildman–Crippen LogP) is 1.44. The van der Waals surface area contributed by atoms with Crippen LogP contribution in [-0.2, 0) is 11.3 Å². The van der Waals surface area contributed by atoms with E-state index in [2.05, 4.69) is 4.98 Å². The number of hydrogen-bond donors (Lipinski definition) is 3. The zero-order valence-corrected chi connectivity index (χ0v) is 11.8. The zero-order valence-electron chi connectivity index (χ0n) is 11.0. The highest BCUT2D eigenvalue weighted by Crippen LogP contribution is 2.36. The number of rotatable bonds is 3. The minimum Gasteiger partial charge on any atom is -0.506 e. The molecular weight excluding hydrogens is 268 g/mol. The van der Waals surface area contributed by atoms with Crippen LogP contribution in [-0.4, -0.2) is 28.4 Å². The maximum Gasteiger partial charge on any atom is 0.141 e. The zero-order chi connectivity index (χ0) is 13.1. The quantitative estimate of drug-likeness (QED) is 0.783. The number of aromatic hydroxyl groups is 1. The smallest absolute Gasteiger partial charge is 0.141 e. The molecule has 19 heavy (non-hydrogen) atoms. The minimum atomic E-state index is -0.280. The van der Waals surface area contributed by atoms with E-state index in [1.807, 2.05) is 0 Å². The van der Waals surface area contributed by atoms with Gasteiger partial charge in [-0.05, 0) is 25.7 Å². The van der Waals surface area contributed by atoms with Gasteiger partial charge in [0.2, 0.25) is 0 Å². The minimum absolute atomic E-state index is 0. The third kappa shape index (κ3) is 3.36. The van der Waals surface area contributed by atoms with Crippen molar-refractivity contribution in [3.63, 3.8) is 0 Å². The molecule has 1 aliphatic rings. The normalized spacial score (nSPS) is 17.8. The summed E-state index contributed by atoms with van der Waals surface area (Å²) in [4.78, 5) is 4.05. The van der Waals surface area contributed by atoms with E-state index in [1.54, 1.807) is 13.1 Å². The fraction of sp³-hybridized carbons (Fsp3) is 0.615. The highest BCUT2D eigenvalue weighted by molar-refractivity contribution is 5.85. The van der Waals surface area contributed by atoms with Crippen molar-refractivity contribution in [3.05, 3.63) is 23.0 Å². The lowest BCUT2D eigenvalue weighted by Crippen LogP contribution is -2.28. The molecule has 0 aliphatic carbocycles. The van der Waals surface area contributed by atoms with Gasteiger partial charge < -0.3 is 20.7 Å². The van der Waals surface area contributed by atoms with Gasteiger partial charge in [-0.2, -0.15) is 0 Å². The Kier molecular flexibility index (Phi) is 6.00. The second kappa shape index (κ2) is 7.05. The predicted molar refractivity (Wildman–Crippen MR) is 74.3 cm³/mol. The summed E-state index contributed by atoms with van der Waals surface area (Å²) < 4.78 is 5.32. The summed E-state index contributed by atoms with van der Waals surface area (Å²) in [5, 5.41) is 19.5. The third-order valence-corrected chi connectivity index (χ3v) is 3.64. The van der Waals surface area contributed by atoms with Crippen LogP contribution in [0.15, 0.2) is 6.20 Å². The summed E-state index contributed by atoms with van der Waals surface area (Å²) in [5.74, 6) is 0.386. The van der Waals surface area contributed by atoms with Crippen molar-refractivity contribution < 1.29 is 14.9 Å². The Morgan fingerprint density at radius 2 is 2.11 bits per heavy atom. The van der Waals surface area contributed by atoms with Crippen LogP contribution in [0, 0.1) is 12.8 Å². The molecule has 1 aromatic heterocycles.